The lowest BCUT2D eigenvalue weighted by atomic mass is 9.92. The lowest BCUT2D eigenvalue weighted by Gasteiger charge is -2.17. The molecule has 0 unspecified atom stereocenters. The van der Waals surface area contributed by atoms with Gasteiger partial charge in [-0.05, 0) is 28.3 Å². The molecule has 1 aromatic rings. The first-order chi connectivity index (χ1) is 6.92. The van der Waals surface area contributed by atoms with Crippen LogP contribution in [-0.2, 0) is 6.42 Å². The summed E-state index contributed by atoms with van der Waals surface area (Å²) in [7, 11) is 0. The van der Waals surface area contributed by atoms with Gasteiger partial charge in [-0.25, -0.2) is 9.97 Å². The third-order valence-corrected chi connectivity index (χ3v) is 2.41. The Bertz CT molecular complexity index is 331. The Morgan fingerprint density at radius 1 is 1.40 bits per heavy atom. The van der Waals surface area contributed by atoms with E-state index in [2.05, 4.69) is 58.9 Å². The fourth-order valence-electron chi connectivity index (χ4n) is 1.25. The van der Waals surface area contributed by atoms with E-state index >= 15 is 0 Å². The first-order valence-electron chi connectivity index (χ1n) is 5.17. The van der Waals surface area contributed by atoms with Gasteiger partial charge in [0.25, 0.3) is 0 Å². The average Bonchev–Trinajstić information content (AvgIpc) is 2.09. The highest BCUT2D eigenvalue weighted by Crippen LogP contribution is 2.22. The zero-order valence-electron chi connectivity index (χ0n) is 9.76. The van der Waals surface area contributed by atoms with Gasteiger partial charge in [0, 0.05) is 19.2 Å². The average molecular weight is 272 g/mol. The van der Waals surface area contributed by atoms with E-state index in [1.165, 1.54) is 0 Å². The Morgan fingerprint density at radius 2 is 2.07 bits per heavy atom. The van der Waals surface area contributed by atoms with Crippen LogP contribution >= 0.6 is 15.9 Å². The number of rotatable bonds is 3. The van der Waals surface area contributed by atoms with Gasteiger partial charge in [-0.2, -0.15) is 0 Å². The Kier molecular flexibility index (Phi) is 4.08. The minimum absolute atomic E-state index is 0.220. The van der Waals surface area contributed by atoms with Crippen LogP contribution in [0.15, 0.2) is 10.7 Å². The molecule has 4 heteroatoms. The molecule has 84 valence electrons. The molecule has 0 aliphatic rings. The molecule has 0 aliphatic carbocycles. The summed E-state index contributed by atoms with van der Waals surface area (Å²) < 4.78 is 0.919. The van der Waals surface area contributed by atoms with Crippen molar-refractivity contribution < 1.29 is 0 Å². The maximum Gasteiger partial charge on any atom is 0.144 e. The molecule has 0 amide bonds. The van der Waals surface area contributed by atoms with Crippen LogP contribution in [0.25, 0.3) is 0 Å². The van der Waals surface area contributed by atoms with E-state index in [1.807, 2.05) is 6.20 Å². The van der Waals surface area contributed by atoms with Crippen molar-refractivity contribution in [3.63, 3.8) is 0 Å². The fourth-order valence-corrected chi connectivity index (χ4v) is 1.59. The molecular weight excluding hydrogens is 254 g/mol. The van der Waals surface area contributed by atoms with Gasteiger partial charge in [0.1, 0.15) is 11.6 Å². The number of anilines is 1. The predicted molar refractivity (Wildman–Crippen MR) is 67.1 cm³/mol. The third kappa shape index (κ3) is 4.16. The van der Waals surface area contributed by atoms with Crippen molar-refractivity contribution in [2.75, 3.05) is 11.9 Å². The van der Waals surface area contributed by atoms with Crippen LogP contribution in [0.5, 0.6) is 0 Å². The van der Waals surface area contributed by atoms with Crippen LogP contribution in [-0.4, -0.2) is 16.5 Å². The van der Waals surface area contributed by atoms with Crippen LogP contribution in [0.1, 0.15) is 33.5 Å². The largest absolute Gasteiger partial charge is 0.369 e. The molecule has 3 nitrogen and oxygen atoms in total. The molecule has 0 saturated heterocycles. The van der Waals surface area contributed by atoms with E-state index in [4.69, 9.17) is 0 Å². The van der Waals surface area contributed by atoms with E-state index in [-0.39, 0.29) is 5.41 Å². The maximum atomic E-state index is 4.48. The molecule has 0 spiro atoms. The number of nitrogens with one attached hydrogen (secondary N) is 1. The van der Waals surface area contributed by atoms with Crippen LogP contribution in [0, 0.1) is 5.41 Å². The summed E-state index contributed by atoms with van der Waals surface area (Å²) in [5, 5.41) is 3.20. The van der Waals surface area contributed by atoms with Crippen molar-refractivity contribution in [3.05, 3.63) is 16.5 Å². The van der Waals surface area contributed by atoms with E-state index in [0.29, 0.717) is 0 Å². The smallest absolute Gasteiger partial charge is 0.144 e. The highest BCUT2D eigenvalue weighted by atomic mass is 79.9. The Hall–Kier alpha value is -0.640. The predicted octanol–water partition coefficient (Wildman–Crippen LogP) is 3.26. The molecular formula is C11H18BrN3. The first-order valence-corrected chi connectivity index (χ1v) is 5.97. The zero-order valence-corrected chi connectivity index (χ0v) is 11.3. The number of aromatic nitrogens is 2. The van der Waals surface area contributed by atoms with Gasteiger partial charge in [-0.3, -0.25) is 0 Å². The summed E-state index contributed by atoms with van der Waals surface area (Å²) in [6.45, 7) is 9.48. The molecule has 0 fully saturated rings. The Balaban J connectivity index is 2.87. The first kappa shape index (κ1) is 12.4. The number of hydrogen-bond donors (Lipinski definition) is 1. The number of halogens is 1. The van der Waals surface area contributed by atoms with Gasteiger partial charge in [-0.1, -0.05) is 20.8 Å². The normalized spacial score (nSPS) is 11.5. The van der Waals surface area contributed by atoms with Crippen LogP contribution in [0.4, 0.5) is 5.82 Å². The second-order valence-corrected chi connectivity index (χ2v) is 5.60. The molecule has 1 heterocycles. The molecule has 15 heavy (non-hydrogen) atoms. The van der Waals surface area contributed by atoms with Gasteiger partial charge in [0.05, 0.1) is 4.47 Å². The summed E-state index contributed by atoms with van der Waals surface area (Å²) in [5.41, 5.74) is 0.220. The minimum atomic E-state index is 0.220. The van der Waals surface area contributed by atoms with Crippen molar-refractivity contribution in [1.82, 2.24) is 9.97 Å². The Labute approximate surface area is 99.8 Å². The van der Waals surface area contributed by atoms with Gasteiger partial charge >= 0.3 is 0 Å². The molecule has 0 atom stereocenters. The number of nitrogens with zero attached hydrogens (tertiary/aromatic N) is 2. The van der Waals surface area contributed by atoms with Crippen molar-refractivity contribution >= 4 is 21.7 Å². The van der Waals surface area contributed by atoms with Gasteiger partial charge in [0.2, 0.25) is 0 Å². The zero-order chi connectivity index (χ0) is 11.5. The second-order valence-electron chi connectivity index (χ2n) is 4.75. The van der Waals surface area contributed by atoms with Gasteiger partial charge in [-0.15, -0.1) is 0 Å². The summed E-state index contributed by atoms with van der Waals surface area (Å²) in [6.07, 6.45) is 2.70. The van der Waals surface area contributed by atoms with E-state index < -0.39 is 0 Å². The maximum absolute atomic E-state index is 4.48. The minimum Gasteiger partial charge on any atom is -0.369 e. The van der Waals surface area contributed by atoms with Crippen molar-refractivity contribution in [2.45, 2.75) is 34.1 Å². The number of hydrogen-bond acceptors (Lipinski definition) is 3. The molecule has 0 radical (unpaired) electrons. The quantitative estimate of drug-likeness (QED) is 0.917. The van der Waals surface area contributed by atoms with Crippen molar-refractivity contribution in [2.24, 2.45) is 5.41 Å². The van der Waals surface area contributed by atoms with Crippen LogP contribution in [0.2, 0.25) is 0 Å². The van der Waals surface area contributed by atoms with Crippen LogP contribution < -0.4 is 5.32 Å². The lowest BCUT2D eigenvalue weighted by molar-refractivity contribution is 0.400. The molecule has 0 aliphatic heterocycles. The topological polar surface area (TPSA) is 37.8 Å². The summed E-state index contributed by atoms with van der Waals surface area (Å²) in [4.78, 5) is 8.79. The second kappa shape index (κ2) is 4.92. The monoisotopic (exact) mass is 271 g/mol. The summed E-state index contributed by atoms with van der Waals surface area (Å²) >= 11 is 3.42. The van der Waals surface area contributed by atoms with Gasteiger partial charge in [0.15, 0.2) is 0 Å². The highest BCUT2D eigenvalue weighted by molar-refractivity contribution is 9.10. The SMILES string of the molecule is CCNc1nc(CC(C)(C)C)ncc1Br. The fraction of sp³-hybridized carbons (Fsp3) is 0.636. The van der Waals surface area contributed by atoms with E-state index in [9.17, 15) is 0 Å². The Morgan fingerprint density at radius 3 is 2.60 bits per heavy atom. The lowest BCUT2D eigenvalue weighted by Crippen LogP contribution is -2.13. The summed E-state index contributed by atoms with van der Waals surface area (Å²) in [5.74, 6) is 1.77. The third-order valence-electron chi connectivity index (χ3n) is 1.83. The van der Waals surface area contributed by atoms with Crippen molar-refractivity contribution in [1.29, 1.82) is 0 Å². The standard InChI is InChI=1S/C11H18BrN3/c1-5-13-10-8(12)7-14-9(15-10)6-11(2,3)4/h7H,5-6H2,1-4H3,(H,13,14,15). The molecule has 0 aromatic carbocycles. The van der Waals surface area contributed by atoms with E-state index in [0.717, 1.165) is 29.1 Å². The van der Waals surface area contributed by atoms with E-state index in [1.54, 1.807) is 0 Å². The molecule has 0 bridgehead atoms. The molecule has 1 N–H and O–H groups in total. The summed E-state index contributed by atoms with van der Waals surface area (Å²) in [6, 6.07) is 0. The molecule has 0 saturated carbocycles. The molecule has 1 aromatic heterocycles. The molecule has 1 rings (SSSR count). The highest BCUT2D eigenvalue weighted by Gasteiger charge is 2.14. The van der Waals surface area contributed by atoms with Crippen LogP contribution in [0.3, 0.4) is 0 Å². The van der Waals surface area contributed by atoms with Crippen molar-refractivity contribution in [3.8, 4) is 0 Å². The van der Waals surface area contributed by atoms with Gasteiger partial charge < -0.3 is 5.32 Å².